The van der Waals surface area contributed by atoms with Gasteiger partial charge in [0, 0.05) is 36.5 Å². The van der Waals surface area contributed by atoms with Gasteiger partial charge in [0.05, 0.1) is 11.2 Å². The fourth-order valence-electron chi connectivity index (χ4n) is 2.16. The van der Waals surface area contributed by atoms with Crippen LogP contribution in [0.3, 0.4) is 0 Å². The van der Waals surface area contributed by atoms with Gasteiger partial charge in [0.1, 0.15) is 0 Å². The lowest BCUT2D eigenvalue weighted by Gasteiger charge is -2.09. The summed E-state index contributed by atoms with van der Waals surface area (Å²) in [6.07, 6.45) is 2.21. The van der Waals surface area contributed by atoms with E-state index in [-0.39, 0.29) is 11.6 Å². The van der Waals surface area contributed by atoms with E-state index in [1.165, 1.54) is 18.4 Å². The van der Waals surface area contributed by atoms with E-state index in [0.717, 1.165) is 23.2 Å². The molecule has 0 spiro atoms. The largest absolute Gasteiger partial charge is 0.459 e. The highest BCUT2D eigenvalue weighted by Gasteiger charge is 2.11. The number of hydrogen-bond acceptors (Lipinski definition) is 5. The second kappa shape index (κ2) is 7.44. The first-order chi connectivity index (χ1) is 11.0. The summed E-state index contributed by atoms with van der Waals surface area (Å²) in [6.45, 7) is 4.79. The zero-order chi connectivity index (χ0) is 16.8. The predicted molar refractivity (Wildman–Crippen MR) is 86.7 cm³/mol. The molecule has 1 aromatic carbocycles. The van der Waals surface area contributed by atoms with Crippen LogP contribution in [0.1, 0.15) is 28.1 Å². The average Bonchev–Trinajstić information content (AvgIpc) is 2.94. The van der Waals surface area contributed by atoms with Crippen LogP contribution in [-0.4, -0.2) is 23.9 Å². The van der Waals surface area contributed by atoms with E-state index in [1.807, 2.05) is 13.8 Å². The molecule has 23 heavy (non-hydrogen) atoms. The van der Waals surface area contributed by atoms with Crippen molar-refractivity contribution >= 4 is 17.3 Å². The van der Waals surface area contributed by atoms with Gasteiger partial charge < -0.3 is 15.1 Å². The second-order valence-electron chi connectivity index (χ2n) is 5.23. The first kappa shape index (κ1) is 16.5. The van der Waals surface area contributed by atoms with Gasteiger partial charge in [-0.2, -0.15) is 0 Å². The SMILES string of the molecule is Cc1cc([N+](=O)[O-])ccc1NCCCNC(=O)c1occc1C. The molecule has 0 aliphatic rings. The van der Waals surface area contributed by atoms with Gasteiger partial charge in [-0.3, -0.25) is 14.9 Å². The van der Waals surface area contributed by atoms with Crippen LogP contribution in [0, 0.1) is 24.0 Å². The Labute approximate surface area is 133 Å². The average molecular weight is 317 g/mol. The number of amides is 1. The molecule has 0 unspecified atom stereocenters. The minimum Gasteiger partial charge on any atom is -0.459 e. The number of furan rings is 1. The molecule has 0 atom stereocenters. The zero-order valence-electron chi connectivity index (χ0n) is 13.1. The maximum Gasteiger partial charge on any atom is 0.287 e. The van der Waals surface area contributed by atoms with Crippen LogP contribution in [0.25, 0.3) is 0 Å². The van der Waals surface area contributed by atoms with Crippen LogP contribution in [0.4, 0.5) is 11.4 Å². The Hall–Kier alpha value is -2.83. The third kappa shape index (κ3) is 4.32. The quantitative estimate of drug-likeness (QED) is 0.465. The van der Waals surface area contributed by atoms with Crippen molar-refractivity contribution in [2.75, 3.05) is 18.4 Å². The molecule has 0 bridgehead atoms. The number of rotatable bonds is 7. The first-order valence-corrected chi connectivity index (χ1v) is 7.30. The van der Waals surface area contributed by atoms with Crippen LogP contribution in [0.2, 0.25) is 0 Å². The molecule has 2 N–H and O–H groups in total. The second-order valence-corrected chi connectivity index (χ2v) is 5.23. The zero-order valence-corrected chi connectivity index (χ0v) is 13.1. The van der Waals surface area contributed by atoms with E-state index in [0.29, 0.717) is 18.8 Å². The fraction of sp³-hybridized carbons (Fsp3) is 0.312. The highest BCUT2D eigenvalue weighted by Crippen LogP contribution is 2.20. The van der Waals surface area contributed by atoms with Gasteiger partial charge in [-0.05, 0) is 38.0 Å². The Morgan fingerprint density at radius 1 is 1.22 bits per heavy atom. The lowest BCUT2D eigenvalue weighted by atomic mass is 10.2. The molecule has 0 saturated heterocycles. The Kier molecular flexibility index (Phi) is 5.35. The van der Waals surface area contributed by atoms with Gasteiger partial charge in [-0.15, -0.1) is 0 Å². The number of benzene rings is 1. The van der Waals surface area contributed by atoms with Crippen LogP contribution in [0.15, 0.2) is 34.9 Å². The highest BCUT2D eigenvalue weighted by molar-refractivity contribution is 5.92. The number of carbonyl (C=O) groups excluding carboxylic acids is 1. The molecule has 2 aromatic rings. The van der Waals surface area contributed by atoms with Crippen LogP contribution in [-0.2, 0) is 0 Å². The van der Waals surface area contributed by atoms with Crippen molar-refractivity contribution < 1.29 is 14.1 Å². The molecule has 122 valence electrons. The Morgan fingerprint density at radius 3 is 2.61 bits per heavy atom. The number of anilines is 1. The van der Waals surface area contributed by atoms with Crippen molar-refractivity contribution in [2.24, 2.45) is 0 Å². The van der Waals surface area contributed by atoms with Gasteiger partial charge in [-0.25, -0.2) is 0 Å². The highest BCUT2D eigenvalue weighted by atomic mass is 16.6. The molecule has 1 heterocycles. The molecule has 1 aromatic heterocycles. The topological polar surface area (TPSA) is 97.4 Å². The van der Waals surface area contributed by atoms with E-state index in [1.54, 1.807) is 12.1 Å². The van der Waals surface area contributed by atoms with Crippen molar-refractivity contribution in [3.05, 3.63) is 57.5 Å². The number of aryl methyl sites for hydroxylation is 2. The van der Waals surface area contributed by atoms with E-state index in [4.69, 9.17) is 4.42 Å². The smallest absolute Gasteiger partial charge is 0.287 e. The molecule has 2 rings (SSSR count). The maximum absolute atomic E-state index is 11.8. The summed E-state index contributed by atoms with van der Waals surface area (Å²) in [7, 11) is 0. The monoisotopic (exact) mass is 317 g/mol. The molecular formula is C16H19N3O4. The summed E-state index contributed by atoms with van der Waals surface area (Å²) in [5, 5.41) is 16.7. The number of nitro benzene ring substituents is 1. The normalized spacial score (nSPS) is 10.3. The minimum absolute atomic E-state index is 0.0779. The van der Waals surface area contributed by atoms with Crippen molar-refractivity contribution in [1.29, 1.82) is 0 Å². The standard InChI is InChI=1S/C16H19N3O4/c1-11-6-9-23-15(11)16(20)18-8-3-7-17-14-5-4-13(19(21)22)10-12(14)2/h4-6,9-10,17H,3,7-8H2,1-2H3,(H,18,20). The third-order valence-electron chi connectivity index (χ3n) is 3.44. The summed E-state index contributed by atoms with van der Waals surface area (Å²) >= 11 is 0. The predicted octanol–water partition coefficient (Wildman–Crippen LogP) is 3.04. The van der Waals surface area contributed by atoms with Gasteiger partial charge in [0.2, 0.25) is 0 Å². The third-order valence-corrected chi connectivity index (χ3v) is 3.44. The van der Waals surface area contributed by atoms with Crippen molar-refractivity contribution in [3.8, 4) is 0 Å². The van der Waals surface area contributed by atoms with E-state index in [9.17, 15) is 14.9 Å². The molecule has 0 aliphatic heterocycles. The molecule has 7 nitrogen and oxygen atoms in total. The number of nitrogens with zero attached hydrogens (tertiary/aromatic N) is 1. The Morgan fingerprint density at radius 2 is 2.00 bits per heavy atom. The van der Waals surface area contributed by atoms with Gasteiger partial charge >= 0.3 is 0 Å². The summed E-state index contributed by atoms with van der Waals surface area (Å²) in [5.41, 5.74) is 2.55. The fourth-order valence-corrected chi connectivity index (χ4v) is 2.16. The van der Waals surface area contributed by atoms with Crippen molar-refractivity contribution in [2.45, 2.75) is 20.3 Å². The Bertz CT molecular complexity index is 709. The van der Waals surface area contributed by atoms with E-state index in [2.05, 4.69) is 10.6 Å². The van der Waals surface area contributed by atoms with Gasteiger partial charge in [0.25, 0.3) is 11.6 Å². The number of hydrogen-bond donors (Lipinski definition) is 2. The number of carbonyl (C=O) groups is 1. The number of nitrogens with one attached hydrogen (secondary N) is 2. The summed E-state index contributed by atoms with van der Waals surface area (Å²) in [6, 6.07) is 6.44. The lowest BCUT2D eigenvalue weighted by molar-refractivity contribution is -0.384. The molecule has 1 amide bonds. The van der Waals surface area contributed by atoms with Crippen LogP contribution < -0.4 is 10.6 Å². The van der Waals surface area contributed by atoms with Gasteiger partial charge in [-0.1, -0.05) is 0 Å². The Balaban J connectivity index is 1.74. The van der Waals surface area contributed by atoms with Crippen LogP contribution >= 0.6 is 0 Å². The van der Waals surface area contributed by atoms with Crippen LogP contribution in [0.5, 0.6) is 0 Å². The maximum atomic E-state index is 11.8. The van der Waals surface area contributed by atoms with E-state index >= 15 is 0 Å². The number of non-ortho nitro benzene ring substituents is 1. The minimum atomic E-state index is -0.414. The summed E-state index contributed by atoms with van der Waals surface area (Å²) < 4.78 is 5.12. The first-order valence-electron chi connectivity index (χ1n) is 7.30. The molecule has 7 heteroatoms. The summed E-state index contributed by atoms with van der Waals surface area (Å²) in [5.74, 6) is 0.114. The number of nitro groups is 1. The summed E-state index contributed by atoms with van der Waals surface area (Å²) in [4.78, 5) is 22.1. The molecule has 0 aliphatic carbocycles. The van der Waals surface area contributed by atoms with E-state index < -0.39 is 4.92 Å². The van der Waals surface area contributed by atoms with Crippen molar-refractivity contribution in [1.82, 2.24) is 5.32 Å². The van der Waals surface area contributed by atoms with Gasteiger partial charge in [0.15, 0.2) is 5.76 Å². The molecular weight excluding hydrogens is 298 g/mol. The molecule has 0 saturated carbocycles. The lowest BCUT2D eigenvalue weighted by Crippen LogP contribution is -2.26. The van der Waals surface area contributed by atoms with Crippen molar-refractivity contribution in [3.63, 3.8) is 0 Å². The molecule has 0 fully saturated rings. The molecule has 0 radical (unpaired) electrons.